The summed E-state index contributed by atoms with van der Waals surface area (Å²) in [6.45, 7) is 3.86. The molecule has 0 aromatic carbocycles. The van der Waals surface area contributed by atoms with Crippen LogP contribution in [0.3, 0.4) is 0 Å². The molecule has 88 valence electrons. The fraction of sp³-hybridized carbons (Fsp3) is 0.583. The van der Waals surface area contributed by atoms with E-state index in [0.29, 0.717) is 5.92 Å². The van der Waals surface area contributed by atoms with E-state index in [2.05, 4.69) is 15.9 Å². The van der Waals surface area contributed by atoms with E-state index in [-0.39, 0.29) is 5.91 Å². The van der Waals surface area contributed by atoms with Crippen LogP contribution in [-0.4, -0.2) is 29.2 Å². The number of nitrogens with zero attached hydrogens (tertiary/aromatic N) is 1. The number of alkyl halides is 1. The van der Waals surface area contributed by atoms with Crippen LogP contribution in [0.1, 0.15) is 27.4 Å². The Bertz CT molecular complexity index is 377. The van der Waals surface area contributed by atoms with Crippen LogP contribution < -0.4 is 0 Å². The number of thiophene rings is 1. The van der Waals surface area contributed by atoms with Crippen molar-refractivity contribution in [1.82, 2.24) is 4.90 Å². The van der Waals surface area contributed by atoms with Gasteiger partial charge in [0.2, 0.25) is 0 Å². The van der Waals surface area contributed by atoms with Crippen molar-refractivity contribution in [3.8, 4) is 0 Å². The molecule has 2 heterocycles. The number of carbonyl (C=O) groups excluding carboxylic acids is 1. The quantitative estimate of drug-likeness (QED) is 0.768. The highest BCUT2D eigenvalue weighted by atomic mass is 79.9. The van der Waals surface area contributed by atoms with E-state index in [1.807, 2.05) is 24.0 Å². The molecule has 1 amide bonds. The lowest BCUT2D eigenvalue weighted by Crippen LogP contribution is -2.40. The monoisotopic (exact) mass is 301 g/mol. The molecule has 0 bridgehead atoms. The zero-order valence-electron chi connectivity index (χ0n) is 9.41. The molecular weight excluding hydrogens is 286 g/mol. The van der Waals surface area contributed by atoms with Gasteiger partial charge in [-0.05, 0) is 37.8 Å². The molecular formula is C12H16BrNOS. The standard InChI is InChI=1S/C12H16BrNOS/c1-9-4-5-11(16-9)12(15)14-6-2-3-10(7-13)8-14/h4-5,10H,2-3,6-8H2,1H3. The van der Waals surface area contributed by atoms with Gasteiger partial charge in [0.05, 0.1) is 4.88 Å². The van der Waals surface area contributed by atoms with Crippen molar-refractivity contribution in [2.45, 2.75) is 19.8 Å². The second kappa shape index (κ2) is 5.32. The van der Waals surface area contributed by atoms with Gasteiger partial charge < -0.3 is 4.90 Å². The third-order valence-corrected chi connectivity index (χ3v) is 4.88. The number of rotatable bonds is 2. The predicted molar refractivity (Wildman–Crippen MR) is 71.5 cm³/mol. The summed E-state index contributed by atoms with van der Waals surface area (Å²) in [5.41, 5.74) is 0. The summed E-state index contributed by atoms with van der Waals surface area (Å²) in [5.74, 6) is 0.836. The molecule has 1 saturated heterocycles. The van der Waals surface area contributed by atoms with Gasteiger partial charge in [0, 0.05) is 23.3 Å². The van der Waals surface area contributed by atoms with E-state index in [9.17, 15) is 4.79 Å². The first-order chi connectivity index (χ1) is 7.70. The number of carbonyl (C=O) groups is 1. The summed E-state index contributed by atoms with van der Waals surface area (Å²) in [5, 5.41) is 1.00. The van der Waals surface area contributed by atoms with Gasteiger partial charge in [0.15, 0.2) is 0 Å². The van der Waals surface area contributed by atoms with Crippen LogP contribution in [0.4, 0.5) is 0 Å². The molecule has 1 aliphatic heterocycles. The Morgan fingerprint density at radius 3 is 3.06 bits per heavy atom. The average molecular weight is 302 g/mol. The maximum absolute atomic E-state index is 12.2. The van der Waals surface area contributed by atoms with Crippen LogP contribution in [0, 0.1) is 12.8 Å². The van der Waals surface area contributed by atoms with Crippen LogP contribution in [-0.2, 0) is 0 Å². The van der Waals surface area contributed by atoms with Crippen LogP contribution >= 0.6 is 27.3 Å². The fourth-order valence-electron chi connectivity index (χ4n) is 2.08. The molecule has 0 spiro atoms. The lowest BCUT2D eigenvalue weighted by atomic mass is 10.0. The van der Waals surface area contributed by atoms with E-state index in [1.165, 1.54) is 11.3 Å². The minimum absolute atomic E-state index is 0.212. The van der Waals surface area contributed by atoms with Crippen LogP contribution in [0.5, 0.6) is 0 Å². The number of piperidine rings is 1. The minimum Gasteiger partial charge on any atom is -0.338 e. The third kappa shape index (κ3) is 2.66. The number of hydrogen-bond donors (Lipinski definition) is 0. The smallest absolute Gasteiger partial charge is 0.263 e. The van der Waals surface area contributed by atoms with Crippen molar-refractivity contribution in [3.63, 3.8) is 0 Å². The van der Waals surface area contributed by atoms with Crippen molar-refractivity contribution >= 4 is 33.2 Å². The number of hydrogen-bond acceptors (Lipinski definition) is 2. The van der Waals surface area contributed by atoms with Gasteiger partial charge in [-0.25, -0.2) is 0 Å². The van der Waals surface area contributed by atoms with Crippen molar-refractivity contribution in [2.24, 2.45) is 5.92 Å². The predicted octanol–water partition coefficient (Wildman–Crippen LogP) is 3.30. The highest BCUT2D eigenvalue weighted by molar-refractivity contribution is 9.09. The Morgan fingerprint density at radius 2 is 2.44 bits per heavy atom. The summed E-state index contributed by atoms with van der Waals surface area (Å²) in [7, 11) is 0. The van der Waals surface area contributed by atoms with Crippen molar-refractivity contribution in [1.29, 1.82) is 0 Å². The van der Waals surface area contributed by atoms with Crippen LogP contribution in [0.15, 0.2) is 12.1 Å². The number of aryl methyl sites for hydroxylation is 1. The first-order valence-electron chi connectivity index (χ1n) is 5.62. The Morgan fingerprint density at radius 1 is 1.62 bits per heavy atom. The van der Waals surface area contributed by atoms with Crippen LogP contribution in [0.25, 0.3) is 0 Å². The van der Waals surface area contributed by atoms with Gasteiger partial charge in [0.25, 0.3) is 5.91 Å². The van der Waals surface area contributed by atoms with E-state index >= 15 is 0 Å². The summed E-state index contributed by atoms with van der Waals surface area (Å²) in [6.07, 6.45) is 2.37. The van der Waals surface area contributed by atoms with Crippen molar-refractivity contribution < 1.29 is 4.79 Å². The lowest BCUT2D eigenvalue weighted by Gasteiger charge is -2.31. The Hall–Kier alpha value is -0.350. The van der Waals surface area contributed by atoms with E-state index in [1.54, 1.807) is 11.3 Å². The number of likely N-dealkylation sites (tertiary alicyclic amines) is 1. The van der Waals surface area contributed by atoms with Gasteiger partial charge in [-0.2, -0.15) is 0 Å². The molecule has 1 aromatic rings. The number of amides is 1. The van der Waals surface area contributed by atoms with Gasteiger partial charge in [0.1, 0.15) is 0 Å². The minimum atomic E-state index is 0.212. The summed E-state index contributed by atoms with van der Waals surface area (Å²) in [6, 6.07) is 3.96. The Labute approximate surface area is 109 Å². The fourth-order valence-corrected chi connectivity index (χ4v) is 3.44. The van der Waals surface area contributed by atoms with Crippen molar-refractivity contribution in [3.05, 3.63) is 21.9 Å². The Kier molecular flexibility index (Phi) is 4.03. The molecule has 1 aliphatic rings. The highest BCUT2D eigenvalue weighted by Gasteiger charge is 2.24. The second-order valence-electron chi connectivity index (χ2n) is 4.32. The zero-order valence-corrected chi connectivity index (χ0v) is 11.8. The molecule has 1 fully saturated rings. The van der Waals surface area contributed by atoms with E-state index < -0.39 is 0 Å². The molecule has 0 radical (unpaired) electrons. The molecule has 4 heteroatoms. The first-order valence-corrected chi connectivity index (χ1v) is 7.56. The van der Waals surface area contributed by atoms with Gasteiger partial charge in [-0.3, -0.25) is 4.79 Å². The maximum Gasteiger partial charge on any atom is 0.263 e. The summed E-state index contributed by atoms with van der Waals surface area (Å²) < 4.78 is 0. The maximum atomic E-state index is 12.2. The molecule has 2 rings (SSSR count). The molecule has 2 nitrogen and oxygen atoms in total. The van der Waals surface area contributed by atoms with E-state index in [4.69, 9.17) is 0 Å². The zero-order chi connectivity index (χ0) is 11.5. The third-order valence-electron chi connectivity index (χ3n) is 2.98. The molecule has 0 N–H and O–H groups in total. The normalized spacial score (nSPS) is 21.1. The van der Waals surface area contributed by atoms with Crippen molar-refractivity contribution in [2.75, 3.05) is 18.4 Å². The molecule has 0 saturated carbocycles. The highest BCUT2D eigenvalue weighted by Crippen LogP contribution is 2.23. The topological polar surface area (TPSA) is 20.3 Å². The van der Waals surface area contributed by atoms with Gasteiger partial charge in [-0.15, -0.1) is 11.3 Å². The molecule has 1 unspecified atom stereocenters. The second-order valence-corrected chi connectivity index (χ2v) is 6.26. The van der Waals surface area contributed by atoms with Crippen LogP contribution in [0.2, 0.25) is 0 Å². The number of halogens is 1. The SMILES string of the molecule is Cc1ccc(C(=O)N2CCCC(CBr)C2)s1. The molecule has 1 aromatic heterocycles. The average Bonchev–Trinajstić information content (AvgIpc) is 2.75. The van der Waals surface area contributed by atoms with E-state index in [0.717, 1.165) is 29.7 Å². The molecule has 16 heavy (non-hydrogen) atoms. The molecule has 1 atom stereocenters. The lowest BCUT2D eigenvalue weighted by molar-refractivity contribution is 0.0691. The summed E-state index contributed by atoms with van der Waals surface area (Å²) in [4.78, 5) is 16.3. The Balaban J connectivity index is 2.04. The molecule has 0 aliphatic carbocycles. The first kappa shape index (κ1) is 12.1. The largest absolute Gasteiger partial charge is 0.338 e. The van der Waals surface area contributed by atoms with Gasteiger partial charge in [-0.1, -0.05) is 15.9 Å². The summed E-state index contributed by atoms with van der Waals surface area (Å²) >= 11 is 5.11. The van der Waals surface area contributed by atoms with Gasteiger partial charge >= 0.3 is 0 Å².